The lowest BCUT2D eigenvalue weighted by Gasteiger charge is -2.11. The van der Waals surface area contributed by atoms with Gasteiger partial charge in [0.15, 0.2) is 0 Å². The molecule has 0 fully saturated rings. The second-order valence-electron chi connectivity index (χ2n) is 9.79. The number of hydrogen-bond acceptors (Lipinski definition) is 8. The summed E-state index contributed by atoms with van der Waals surface area (Å²) in [5, 5.41) is 36.1. The Hall–Kier alpha value is -4.34. The lowest BCUT2D eigenvalue weighted by molar-refractivity contribution is 0.291. The van der Waals surface area contributed by atoms with Crippen LogP contribution in [-0.2, 0) is 13.1 Å². The Kier molecular flexibility index (Phi) is 9.51. The van der Waals surface area contributed by atoms with Gasteiger partial charge >= 0.3 is 6.01 Å². The normalized spacial score (nSPS) is 11.1. The summed E-state index contributed by atoms with van der Waals surface area (Å²) in [4.78, 5) is 0. The van der Waals surface area contributed by atoms with Crippen LogP contribution in [0.4, 0.5) is 11.7 Å². The molecule has 0 saturated heterocycles. The van der Waals surface area contributed by atoms with E-state index >= 15 is 0 Å². The summed E-state index contributed by atoms with van der Waals surface area (Å²) in [6.45, 7) is 4.84. The minimum atomic E-state index is 0.105. The summed E-state index contributed by atoms with van der Waals surface area (Å²) >= 11 is 0. The Morgan fingerprint density at radius 3 is 2.12 bits per heavy atom. The van der Waals surface area contributed by atoms with E-state index in [-0.39, 0.29) is 13.2 Å². The van der Waals surface area contributed by atoms with E-state index in [0.717, 1.165) is 51.2 Å². The maximum absolute atomic E-state index is 8.98. The number of nitrogens with zero attached hydrogens (tertiary/aromatic N) is 2. The fourth-order valence-electron chi connectivity index (χ4n) is 4.75. The highest BCUT2D eigenvalue weighted by atomic mass is 16.4. The average molecular weight is 550 g/mol. The molecule has 0 amide bonds. The van der Waals surface area contributed by atoms with Crippen LogP contribution in [0.5, 0.6) is 0 Å². The Morgan fingerprint density at radius 1 is 0.659 bits per heavy atom. The average Bonchev–Trinajstić information content (AvgIpc) is 3.46. The van der Waals surface area contributed by atoms with E-state index in [9.17, 15) is 0 Å². The first-order chi connectivity index (χ1) is 20.1. The van der Waals surface area contributed by atoms with Crippen molar-refractivity contribution in [3.8, 4) is 33.7 Å². The van der Waals surface area contributed by atoms with Crippen molar-refractivity contribution >= 4 is 11.7 Å². The van der Waals surface area contributed by atoms with Crippen molar-refractivity contribution in [3.63, 3.8) is 0 Å². The number of aromatic nitrogens is 2. The maximum Gasteiger partial charge on any atom is 0.320 e. The minimum absolute atomic E-state index is 0.105. The molecule has 41 heavy (non-hydrogen) atoms. The minimum Gasteiger partial charge on any atom is -0.403 e. The monoisotopic (exact) mass is 549 g/mol. The molecule has 210 valence electrons. The van der Waals surface area contributed by atoms with Crippen LogP contribution in [0.2, 0.25) is 0 Å². The second kappa shape index (κ2) is 13.8. The van der Waals surface area contributed by atoms with Crippen molar-refractivity contribution in [2.45, 2.75) is 20.0 Å². The molecular weight excluding hydrogens is 514 g/mol. The number of hydrogen-bond donors (Lipinski definition) is 5. The van der Waals surface area contributed by atoms with Crippen LogP contribution in [0.1, 0.15) is 16.7 Å². The first-order valence-corrected chi connectivity index (χ1v) is 13.8. The first kappa shape index (κ1) is 28.2. The van der Waals surface area contributed by atoms with Crippen LogP contribution in [0.25, 0.3) is 33.7 Å². The summed E-state index contributed by atoms with van der Waals surface area (Å²) in [6.07, 6.45) is 0. The van der Waals surface area contributed by atoms with Gasteiger partial charge in [-0.25, -0.2) is 0 Å². The third-order valence-electron chi connectivity index (χ3n) is 6.86. The molecule has 5 rings (SSSR count). The highest BCUT2D eigenvalue weighted by Gasteiger charge is 2.15. The smallest absolute Gasteiger partial charge is 0.320 e. The number of benzene rings is 4. The molecule has 0 spiro atoms. The number of aliphatic hydroxyl groups excluding tert-OH is 2. The van der Waals surface area contributed by atoms with Crippen molar-refractivity contribution in [1.29, 1.82) is 0 Å². The van der Waals surface area contributed by atoms with E-state index in [0.29, 0.717) is 31.5 Å². The van der Waals surface area contributed by atoms with Crippen LogP contribution in [0.3, 0.4) is 0 Å². The molecule has 8 nitrogen and oxygen atoms in total. The van der Waals surface area contributed by atoms with Gasteiger partial charge in [0.2, 0.25) is 5.89 Å². The predicted molar refractivity (Wildman–Crippen MR) is 163 cm³/mol. The number of aliphatic hydroxyl groups is 2. The van der Waals surface area contributed by atoms with Gasteiger partial charge in [-0.3, -0.25) is 0 Å². The van der Waals surface area contributed by atoms with Crippen molar-refractivity contribution in [2.75, 3.05) is 31.6 Å². The molecule has 0 saturated carbocycles. The van der Waals surface area contributed by atoms with Crippen molar-refractivity contribution in [2.24, 2.45) is 0 Å². The molecule has 0 aliphatic heterocycles. The largest absolute Gasteiger partial charge is 0.403 e. The molecule has 0 bridgehead atoms. The van der Waals surface area contributed by atoms with Crippen LogP contribution in [0, 0.1) is 6.92 Å². The summed E-state index contributed by atoms with van der Waals surface area (Å²) in [5.41, 5.74) is 9.55. The van der Waals surface area contributed by atoms with Crippen LogP contribution < -0.4 is 16.0 Å². The lowest BCUT2D eigenvalue weighted by Crippen LogP contribution is -2.17. The molecule has 0 radical (unpaired) electrons. The predicted octanol–water partition coefficient (Wildman–Crippen LogP) is 5.29. The van der Waals surface area contributed by atoms with Crippen LogP contribution in [0.15, 0.2) is 95.4 Å². The molecule has 4 aromatic carbocycles. The Bertz CT molecular complexity index is 1570. The third kappa shape index (κ3) is 7.25. The van der Waals surface area contributed by atoms with Crippen LogP contribution in [-0.4, -0.2) is 46.7 Å². The van der Waals surface area contributed by atoms with Crippen molar-refractivity contribution in [1.82, 2.24) is 20.8 Å². The zero-order valence-electron chi connectivity index (χ0n) is 23.1. The van der Waals surface area contributed by atoms with Gasteiger partial charge in [-0.15, -0.1) is 5.10 Å². The quantitative estimate of drug-likeness (QED) is 0.126. The van der Waals surface area contributed by atoms with E-state index in [4.69, 9.17) is 14.6 Å². The Labute approximate surface area is 240 Å². The number of rotatable bonds is 13. The van der Waals surface area contributed by atoms with Gasteiger partial charge in [0.05, 0.1) is 13.2 Å². The SMILES string of the molecule is Cc1c(-c2cccc(-c3ccc(CNCCO)cc3)c2)cccc1-c1nnc(Nc2cccc(CNCCO)c2)o1. The molecule has 0 aliphatic rings. The molecule has 5 aromatic rings. The standard InChI is InChI=1S/C33H35N5O3/c1-23-30(28-7-3-6-27(20-28)26-13-11-24(12-14-26)21-34-15-17-39)9-4-10-31(23)32-37-38-33(41-32)36-29-8-2-5-25(19-29)22-35-16-18-40/h2-14,19-20,34-35,39-40H,15-18,21-22H2,1H3,(H,36,38). The lowest BCUT2D eigenvalue weighted by atomic mass is 9.93. The highest BCUT2D eigenvalue weighted by molar-refractivity contribution is 5.79. The van der Waals surface area contributed by atoms with Gasteiger partial charge < -0.3 is 30.6 Å². The molecule has 8 heteroatoms. The summed E-state index contributed by atoms with van der Waals surface area (Å²) < 4.78 is 6.02. The van der Waals surface area contributed by atoms with E-state index in [1.807, 2.05) is 36.4 Å². The van der Waals surface area contributed by atoms with Crippen molar-refractivity contribution < 1.29 is 14.6 Å². The van der Waals surface area contributed by atoms with E-state index in [2.05, 4.69) is 87.7 Å². The zero-order valence-corrected chi connectivity index (χ0v) is 23.1. The molecule has 1 heterocycles. The van der Waals surface area contributed by atoms with E-state index in [1.165, 1.54) is 5.56 Å². The molecular formula is C33H35N5O3. The summed E-state index contributed by atoms with van der Waals surface area (Å²) in [6, 6.07) is 31.4. The first-order valence-electron chi connectivity index (χ1n) is 13.8. The van der Waals surface area contributed by atoms with Gasteiger partial charge in [-0.2, -0.15) is 0 Å². The van der Waals surface area contributed by atoms with Crippen LogP contribution >= 0.6 is 0 Å². The number of anilines is 2. The molecule has 0 atom stereocenters. The second-order valence-corrected chi connectivity index (χ2v) is 9.79. The fraction of sp³-hybridized carbons (Fsp3) is 0.212. The Balaban J connectivity index is 1.33. The summed E-state index contributed by atoms with van der Waals surface area (Å²) in [7, 11) is 0. The van der Waals surface area contributed by atoms with Gasteiger partial charge in [-0.1, -0.05) is 71.8 Å². The molecule has 5 N–H and O–H groups in total. The van der Waals surface area contributed by atoms with Crippen molar-refractivity contribution in [3.05, 3.63) is 108 Å². The fourth-order valence-corrected chi connectivity index (χ4v) is 4.75. The van der Waals surface area contributed by atoms with E-state index in [1.54, 1.807) is 0 Å². The van der Waals surface area contributed by atoms with Gasteiger partial charge in [-0.05, 0) is 70.1 Å². The highest BCUT2D eigenvalue weighted by Crippen LogP contribution is 2.34. The Morgan fingerprint density at radius 2 is 1.34 bits per heavy atom. The summed E-state index contributed by atoms with van der Waals surface area (Å²) in [5.74, 6) is 0.453. The van der Waals surface area contributed by atoms with E-state index < -0.39 is 0 Å². The number of nitrogens with one attached hydrogen (secondary N) is 3. The topological polar surface area (TPSA) is 115 Å². The third-order valence-corrected chi connectivity index (χ3v) is 6.86. The molecule has 1 aromatic heterocycles. The van der Waals surface area contributed by atoms with Gasteiger partial charge in [0, 0.05) is 37.4 Å². The molecule has 0 unspecified atom stereocenters. The molecule has 0 aliphatic carbocycles. The zero-order chi connectivity index (χ0) is 28.4. The van der Waals surface area contributed by atoms with Gasteiger partial charge in [0.25, 0.3) is 0 Å². The maximum atomic E-state index is 8.98. The van der Waals surface area contributed by atoms with Gasteiger partial charge in [0.1, 0.15) is 0 Å².